The topological polar surface area (TPSA) is 62.8 Å². The lowest BCUT2D eigenvalue weighted by Crippen LogP contribution is -2.48. The predicted molar refractivity (Wildman–Crippen MR) is 111 cm³/mol. The van der Waals surface area contributed by atoms with E-state index in [1.54, 1.807) is 0 Å². The van der Waals surface area contributed by atoms with Gasteiger partial charge in [0.1, 0.15) is 11.5 Å². The van der Waals surface area contributed by atoms with Gasteiger partial charge in [0.25, 0.3) is 0 Å². The van der Waals surface area contributed by atoms with Crippen LogP contribution in [0.5, 0.6) is 11.5 Å². The fraction of sp³-hybridized carbons (Fsp3) is 0.409. The zero-order valence-corrected chi connectivity index (χ0v) is 16.8. The molecular formula is C22H29N3O3. The minimum atomic E-state index is -0.207. The van der Waals surface area contributed by atoms with E-state index in [4.69, 9.17) is 9.47 Å². The van der Waals surface area contributed by atoms with E-state index < -0.39 is 0 Å². The average molecular weight is 383 g/mol. The molecule has 1 saturated heterocycles. The summed E-state index contributed by atoms with van der Waals surface area (Å²) in [6, 6.07) is 15.0. The monoisotopic (exact) mass is 383 g/mol. The van der Waals surface area contributed by atoms with Crippen molar-refractivity contribution in [3.63, 3.8) is 0 Å². The van der Waals surface area contributed by atoms with Crippen LogP contribution < -0.4 is 15.4 Å². The maximum atomic E-state index is 12.1. The smallest absolute Gasteiger partial charge is 0.319 e. The number of carbonyl (C=O) groups is 1. The third-order valence-corrected chi connectivity index (χ3v) is 4.55. The minimum Gasteiger partial charge on any atom is -0.457 e. The van der Waals surface area contributed by atoms with Crippen molar-refractivity contribution in [3.05, 3.63) is 54.1 Å². The maximum absolute atomic E-state index is 12.1. The van der Waals surface area contributed by atoms with E-state index in [2.05, 4.69) is 29.4 Å². The zero-order chi connectivity index (χ0) is 19.9. The highest BCUT2D eigenvalue weighted by molar-refractivity contribution is 5.89. The number of amides is 2. The highest BCUT2D eigenvalue weighted by atomic mass is 16.5. The molecule has 0 radical (unpaired) electrons. The summed E-state index contributed by atoms with van der Waals surface area (Å²) < 4.78 is 11.5. The van der Waals surface area contributed by atoms with Crippen molar-refractivity contribution in [2.24, 2.45) is 0 Å². The number of hydrogen-bond acceptors (Lipinski definition) is 4. The SMILES string of the molecule is Cc1cccc(Oc2ccc(NC(=O)NCCN3CC(C)OC(C)C3)cc2)c1. The summed E-state index contributed by atoms with van der Waals surface area (Å²) in [5.74, 6) is 1.53. The molecule has 1 heterocycles. The summed E-state index contributed by atoms with van der Waals surface area (Å²) in [5, 5.41) is 5.75. The van der Waals surface area contributed by atoms with Gasteiger partial charge in [0, 0.05) is 31.9 Å². The fourth-order valence-corrected chi connectivity index (χ4v) is 3.39. The molecule has 2 N–H and O–H groups in total. The van der Waals surface area contributed by atoms with Crippen LogP contribution in [0, 0.1) is 6.92 Å². The number of nitrogens with one attached hydrogen (secondary N) is 2. The van der Waals surface area contributed by atoms with Gasteiger partial charge in [-0.15, -0.1) is 0 Å². The molecular weight excluding hydrogens is 354 g/mol. The van der Waals surface area contributed by atoms with Gasteiger partial charge in [-0.05, 0) is 62.7 Å². The number of urea groups is 1. The predicted octanol–water partition coefficient (Wildman–Crippen LogP) is 4.02. The van der Waals surface area contributed by atoms with Gasteiger partial charge in [0.2, 0.25) is 0 Å². The van der Waals surface area contributed by atoms with Crippen LogP contribution in [0.2, 0.25) is 0 Å². The van der Waals surface area contributed by atoms with Gasteiger partial charge >= 0.3 is 6.03 Å². The number of aryl methyl sites for hydroxylation is 1. The van der Waals surface area contributed by atoms with E-state index in [1.165, 1.54) is 0 Å². The molecule has 1 aliphatic heterocycles. The van der Waals surface area contributed by atoms with Crippen molar-refractivity contribution in [2.45, 2.75) is 33.0 Å². The maximum Gasteiger partial charge on any atom is 0.319 e. The Labute approximate surface area is 166 Å². The number of hydrogen-bond donors (Lipinski definition) is 2. The Balaban J connectivity index is 1.41. The summed E-state index contributed by atoms with van der Waals surface area (Å²) in [5.41, 5.74) is 1.87. The van der Waals surface area contributed by atoms with E-state index in [9.17, 15) is 4.79 Å². The molecule has 0 aromatic heterocycles. The molecule has 0 aliphatic carbocycles. The molecule has 6 heteroatoms. The van der Waals surface area contributed by atoms with Gasteiger partial charge in [-0.3, -0.25) is 4.90 Å². The van der Waals surface area contributed by atoms with Crippen LogP contribution in [0.1, 0.15) is 19.4 Å². The van der Waals surface area contributed by atoms with Crippen LogP contribution in [0.15, 0.2) is 48.5 Å². The Bertz CT molecular complexity index is 769. The third-order valence-electron chi connectivity index (χ3n) is 4.55. The Kier molecular flexibility index (Phi) is 6.90. The second-order valence-corrected chi connectivity index (χ2v) is 7.34. The molecule has 28 heavy (non-hydrogen) atoms. The van der Waals surface area contributed by atoms with Crippen LogP contribution in [0.3, 0.4) is 0 Å². The van der Waals surface area contributed by atoms with Crippen LogP contribution in [-0.4, -0.2) is 49.3 Å². The van der Waals surface area contributed by atoms with Gasteiger partial charge in [0.05, 0.1) is 12.2 Å². The van der Waals surface area contributed by atoms with Crippen molar-refractivity contribution in [2.75, 3.05) is 31.5 Å². The number of nitrogens with zero attached hydrogens (tertiary/aromatic N) is 1. The Hall–Kier alpha value is -2.57. The number of anilines is 1. The normalized spacial score (nSPS) is 19.8. The number of rotatable bonds is 6. The van der Waals surface area contributed by atoms with E-state index in [1.807, 2.05) is 55.5 Å². The lowest BCUT2D eigenvalue weighted by atomic mass is 10.2. The van der Waals surface area contributed by atoms with E-state index in [0.717, 1.165) is 42.4 Å². The summed E-state index contributed by atoms with van der Waals surface area (Å²) in [7, 11) is 0. The first kappa shape index (κ1) is 20.2. The van der Waals surface area contributed by atoms with E-state index in [-0.39, 0.29) is 18.2 Å². The van der Waals surface area contributed by atoms with Crippen LogP contribution >= 0.6 is 0 Å². The lowest BCUT2D eigenvalue weighted by molar-refractivity contribution is -0.0672. The first-order valence-corrected chi connectivity index (χ1v) is 9.75. The molecule has 2 unspecified atom stereocenters. The second kappa shape index (κ2) is 9.57. The molecule has 1 aliphatic rings. The highest BCUT2D eigenvalue weighted by Gasteiger charge is 2.21. The largest absolute Gasteiger partial charge is 0.457 e. The molecule has 6 nitrogen and oxygen atoms in total. The van der Waals surface area contributed by atoms with Crippen molar-refractivity contribution in [1.82, 2.24) is 10.2 Å². The van der Waals surface area contributed by atoms with Crippen molar-refractivity contribution in [1.29, 1.82) is 0 Å². The summed E-state index contributed by atoms with van der Waals surface area (Å²) >= 11 is 0. The van der Waals surface area contributed by atoms with Gasteiger partial charge in [-0.2, -0.15) is 0 Å². The Morgan fingerprint density at radius 2 is 1.82 bits per heavy atom. The number of morpholine rings is 1. The van der Waals surface area contributed by atoms with Crippen molar-refractivity contribution in [3.8, 4) is 11.5 Å². The first-order chi connectivity index (χ1) is 13.5. The average Bonchev–Trinajstić information content (AvgIpc) is 2.63. The molecule has 2 amide bonds. The van der Waals surface area contributed by atoms with Crippen LogP contribution in [0.4, 0.5) is 10.5 Å². The molecule has 150 valence electrons. The summed E-state index contributed by atoms with van der Waals surface area (Å²) in [6.45, 7) is 9.39. The molecule has 2 aromatic carbocycles. The van der Waals surface area contributed by atoms with Crippen molar-refractivity contribution < 1.29 is 14.3 Å². The second-order valence-electron chi connectivity index (χ2n) is 7.34. The fourth-order valence-electron chi connectivity index (χ4n) is 3.39. The number of carbonyl (C=O) groups excluding carboxylic acids is 1. The highest BCUT2D eigenvalue weighted by Crippen LogP contribution is 2.23. The minimum absolute atomic E-state index is 0.207. The van der Waals surface area contributed by atoms with Gasteiger partial charge < -0.3 is 20.1 Å². The molecule has 3 rings (SSSR count). The van der Waals surface area contributed by atoms with Gasteiger partial charge in [-0.25, -0.2) is 4.79 Å². The van der Waals surface area contributed by atoms with Gasteiger partial charge in [-0.1, -0.05) is 12.1 Å². The van der Waals surface area contributed by atoms with E-state index >= 15 is 0 Å². The standard InChI is InChI=1S/C22H29N3O3/c1-16-5-4-6-21(13-16)28-20-9-7-19(8-10-20)24-22(26)23-11-12-25-14-17(2)27-18(3)15-25/h4-10,13,17-18H,11-12,14-15H2,1-3H3,(H2,23,24,26). The lowest BCUT2D eigenvalue weighted by Gasteiger charge is -2.35. The summed E-state index contributed by atoms with van der Waals surface area (Å²) in [4.78, 5) is 14.4. The van der Waals surface area contributed by atoms with Crippen molar-refractivity contribution >= 4 is 11.7 Å². The number of ether oxygens (including phenoxy) is 2. The molecule has 2 aromatic rings. The third kappa shape index (κ3) is 6.25. The molecule has 0 bridgehead atoms. The first-order valence-electron chi connectivity index (χ1n) is 9.75. The van der Waals surface area contributed by atoms with Crippen LogP contribution in [0.25, 0.3) is 0 Å². The number of benzene rings is 2. The molecule has 0 saturated carbocycles. The summed E-state index contributed by atoms with van der Waals surface area (Å²) in [6.07, 6.45) is 0.469. The molecule has 2 atom stereocenters. The van der Waals surface area contributed by atoms with Crippen LogP contribution in [-0.2, 0) is 4.74 Å². The Morgan fingerprint density at radius 3 is 2.50 bits per heavy atom. The van der Waals surface area contributed by atoms with E-state index in [0.29, 0.717) is 6.54 Å². The van der Waals surface area contributed by atoms with Gasteiger partial charge in [0.15, 0.2) is 0 Å². The Morgan fingerprint density at radius 1 is 1.11 bits per heavy atom. The quantitative estimate of drug-likeness (QED) is 0.791. The molecule has 0 spiro atoms. The molecule has 1 fully saturated rings. The zero-order valence-electron chi connectivity index (χ0n) is 16.8.